The van der Waals surface area contributed by atoms with Gasteiger partial charge in [0.25, 0.3) is 0 Å². The van der Waals surface area contributed by atoms with Crippen molar-refractivity contribution in [3.8, 4) is 0 Å². The largest absolute Gasteiger partial charge is 0.382 e. The molecular formula is C18H28NO+. The lowest BCUT2D eigenvalue weighted by Crippen LogP contribution is -3.16. The van der Waals surface area contributed by atoms with Crippen LogP contribution in [0.25, 0.3) is 0 Å². The average Bonchev–Trinajstić information content (AvgIpc) is 2.54. The zero-order valence-corrected chi connectivity index (χ0v) is 12.7. The second kappa shape index (κ2) is 6.28. The summed E-state index contributed by atoms with van der Waals surface area (Å²) in [7, 11) is 0. The van der Waals surface area contributed by atoms with Gasteiger partial charge in [0, 0.05) is 0 Å². The fraction of sp³-hybridized carbons (Fsp3) is 0.667. The van der Waals surface area contributed by atoms with E-state index in [0.717, 1.165) is 6.42 Å². The molecule has 1 heterocycles. The molecule has 2 atom stereocenters. The monoisotopic (exact) mass is 274 g/mol. The van der Waals surface area contributed by atoms with E-state index in [1.54, 1.807) is 4.90 Å². The third-order valence-corrected chi connectivity index (χ3v) is 5.36. The molecule has 2 heteroatoms. The topological polar surface area (TPSA) is 24.7 Å². The Balaban J connectivity index is 1.80. The van der Waals surface area contributed by atoms with Gasteiger partial charge in [-0.3, -0.25) is 0 Å². The summed E-state index contributed by atoms with van der Waals surface area (Å²) in [6.45, 7) is 4.69. The first-order valence-corrected chi connectivity index (χ1v) is 8.40. The molecule has 2 aliphatic rings. The number of benzene rings is 1. The maximum Gasteiger partial charge on any atom is 0.131 e. The lowest BCUT2D eigenvalue weighted by Gasteiger charge is -2.33. The highest BCUT2D eigenvalue weighted by atomic mass is 16.3. The molecule has 1 saturated heterocycles. The minimum Gasteiger partial charge on any atom is -0.382 e. The summed E-state index contributed by atoms with van der Waals surface area (Å²) in [4.78, 5) is 1.59. The maximum atomic E-state index is 10.9. The molecule has 0 saturated carbocycles. The van der Waals surface area contributed by atoms with Crippen LogP contribution in [0.15, 0.2) is 18.2 Å². The number of hydrogen-bond donors (Lipinski definition) is 2. The number of quaternary nitrogens is 1. The quantitative estimate of drug-likeness (QED) is 0.866. The first kappa shape index (κ1) is 14.1. The van der Waals surface area contributed by atoms with Crippen LogP contribution in [0.5, 0.6) is 0 Å². The standard InChI is InChI=1S/C18H27NO/c1-14(19-12-5-2-6-13-19)18(20)17-11-7-9-15-8-3-4-10-16(15)17/h7,9,11,14,18,20H,2-6,8,10,12-13H2,1H3/p+1/t14-,18+/m1/s1. The molecule has 1 aliphatic carbocycles. The smallest absolute Gasteiger partial charge is 0.131 e. The van der Waals surface area contributed by atoms with E-state index >= 15 is 0 Å². The van der Waals surface area contributed by atoms with E-state index < -0.39 is 0 Å². The zero-order valence-electron chi connectivity index (χ0n) is 12.7. The van der Waals surface area contributed by atoms with Crippen LogP contribution in [0.3, 0.4) is 0 Å². The van der Waals surface area contributed by atoms with Gasteiger partial charge in [0.05, 0.1) is 13.1 Å². The molecule has 20 heavy (non-hydrogen) atoms. The first-order chi connectivity index (χ1) is 9.77. The van der Waals surface area contributed by atoms with Crippen LogP contribution < -0.4 is 4.90 Å². The summed E-state index contributed by atoms with van der Waals surface area (Å²) in [5, 5.41) is 10.9. The molecule has 2 nitrogen and oxygen atoms in total. The van der Waals surface area contributed by atoms with Gasteiger partial charge in [-0.1, -0.05) is 18.2 Å². The molecular weight excluding hydrogens is 246 g/mol. The van der Waals surface area contributed by atoms with Gasteiger partial charge >= 0.3 is 0 Å². The van der Waals surface area contributed by atoms with Gasteiger partial charge in [0.1, 0.15) is 12.1 Å². The van der Waals surface area contributed by atoms with Gasteiger partial charge in [-0.15, -0.1) is 0 Å². The molecule has 1 aliphatic heterocycles. The fourth-order valence-corrected chi connectivity index (χ4v) is 4.04. The number of likely N-dealkylation sites (tertiary alicyclic amines) is 1. The molecule has 0 unspecified atom stereocenters. The van der Waals surface area contributed by atoms with Gasteiger partial charge in [-0.2, -0.15) is 0 Å². The van der Waals surface area contributed by atoms with Crippen molar-refractivity contribution in [3.05, 3.63) is 34.9 Å². The maximum absolute atomic E-state index is 10.9. The number of piperidine rings is 1. The summed E-state index contributed by atoms with van der Waals surface area (Å²) in [6.07, 6.45) is 8.65. The van der Waals surface area contributed by atoms with Crippen LogP contribution in [0.1, 0.15) is 61.8 Å². The number of nitrogens with one attached hydrogen (secondary N) is 1. The number of rotatable bonds is 3. The summed E-state index contributed by atoms with van der Waals surface area (Å²) >= 11 is 0. The van der Waals surface area contributed by atoms with Crippen molar-refractivity contribution in [3.63, 3.8) is 0 Å². The third-order valence-electron chi connectivity index (χ3n) is 5.36. The van der Waals surface area contributed by atoms with Crippen molar-refractivity contribution in [1.29, 1.82) is 0 Å². The van der Waals surface area contributed by atoms with Crippen LogP contribution in [0.2, 0.25) is 0 Å². The van der Waals surface area contributed by atoms with Crippen LogP contribution in [0, 0.1) is 0 Å². The van der Waals surface area contributed by atoms with Crippen LogP contribution in [0.4, 0.5) is 0 Å². The third kappa shape index (κ3) is 2.77. The van der Waals surface area contributed by atoms with E-state index in [4.69, 9.17) is 0 Å². The lowest BCUT2D eigenvalue weighted by molar-refractivity contribution is -0.932. The zero-order chi connectivity index (χ0) is 13.9. The minimum atomic E-state index is -0.295. The van der Waals surface area contributed by atoms with Crippen molar-refractivity contribution in [1.82, 2.24) is 0 Å². The molecule has 0 aromatic heterocycles. The van der Waals surface area contributed by atoms with E-state index in [1.807, 2.05) is 0 Å². The highest BCUT2D eigenvalue weighted by Crippen LogP contribution is 2.29. The summed E-state index contributed by atoms with van der Waals surface area (Å²) in [5.41, 5.74) is 4.15. The van der Waals surface area contributed by atoms with Crippen LogP contribution in [-0.4, -0.2) is 24.2 Å². The van der Waals surface area contributed by atoms with Crippen LogP contribution in [-0.2, 0) is 12.8 Å². The SMILES string of the molecule is C[C@H]([C@H](O)c1cccc2c1CCCC2)[NH+]1CCCCC1. The van der Waals surface area contributed by atoms with E-state index in [-0.39, 0.29) is 6.10 Å². The first-order valence-electron chi connectivity index (χ1n) is 8.40. The number of fused-ring (bicyclic) bond motifs is 1. The van der Waals surface area contributed by atoms with E-state index in [9.17, 15) is 5.11 Å². The van der Waals surface area contributed by atoms with Crippen molar-refractivity contribution < 1.29 is 10.0 Å². The van der Waals surface area contributed by atoms with Gasteiger partial charge in [-0.05, 0) is 68.6 Å². The van der Waals surface area contributed by atoms with Gasteiger partial charge < -0.3 is 10.0 Å². The fourth-order valence-electron chi connectivity index (χ4n) is 4.04. The van der Waals surface area contributed by atoms with Crippen molar-refractivity contribution in [2.24, 2.45) is 0 Å². The molecule has 0 spiro atoms. The highest BCUT2D eigenvalue weighted by Gasteiger charge is 2.30. The highest BCUT2D eigenvalue weighted by molar-refractivity contribution is 5.38. The van der Waals surface area contributed by atoms with E-state index in [2.05, 4.69) is 25.1 Å². The Bertz CT molecular complexity index is 451. The number of aliphatic hydroxyl groups is 1. The van der Waals surface area contributed by atoms with Crippen molar-refractivity contribution >= 4 is 0 Å². The Hall–Kier alpha value is -0.860. The Kier molecular flexibility index (Phi) is 4.42. The van der Waals surface area contributed by atoms with Gasteiger partial charge in [0.2, 0.25) is 0 Å². The molecule has 2 N–H and O–H groups in total. The van der Waals surface area contributed by atoms with Gasteiger partial charge in [-0.25, -0.2) is 0 Å². The normalized spacial score (nSPS) is 23.1. The summed E-state index contributed by atoms with van der Waals surface area (Å²) in [5.74, 6) is 0. The predicted molar refractivity (Wildman–Crippen MR) is 82.1 cm³/mol. The van der Waals surface area contributed by atoms with Crippen LogP contribution >= 0.6 is 0 Å². The second-order valence-electron chi connectivity index (χ2n) is 6.64. The molecule has 0 bridgehead atoms. The molecule has 1 fully saturated rings. The molecule has 1 aromatic rings. The number of aryl methyl sites for hydroxylation is 1. The Morgan fingerprint density at radius 2 is 1.75 bits per heavy atom. The van der Waals surface area contributed by atoms with Gasteiger partial charge in [0.15, 0.2) is 0 Å². The molecule has 1 aromatic carbocycles. The Morgan fingerprint density at radius 1 is 1.00 bits per heavy atom. The molecule has 0 amide bonds. The predicted octanol–water partition coefficient (Wildman–Crippen LogP) is 2.06. The Morgan fingerprint density at radius 3 is 2.55 bits per heavy atom. The lowest BCUT2D eigenvalue weighted by atomic mass is 9.85. The van der Waals surface area contributed by atoms with Crippen molar-refractivity contribution in [2.75, 3.05) is 13.1 Å². The summed E-state index contributed by atoms with van der Waals surface area (Å²) < 4.78 is 0. The van der Waals surface area contributed by atoms with E-state index in [1.165, 1.54) is 68.3 Å². The molecule has 0 radical (unpaired) electrons. The molecule has 110 valence electrons. The second-order valence-corrected chi connectivity index (χ2v) is 6.64. The van der Waals surface area contributed by atoms with Crippen molar-refractivity contribution in [2.45, 2.75) is 64.0 Å². The number of hydrogen-bond acceptors (Lipinski definition) is 1. The Labute approximate surface area is 122 Å². The average molecular weight is 274 g/mol. The summed E-state index contributed by atoms with van der Waals surface area (Å²) in [6, 6.07) is 6.88. The molecule has 3 rings (SSSR count). The minimum absolute atomic E-state index is 0.295. The van der Waals surface area contributed by atoms with E-state index in [0.29, 0.717) is 6.04 Å². The number of aliphatic hydroxyl groups excluding tert-OH is 1.